The highest BCUT2D eigenvalue weighted by Crippen LogP contribution is 2.31. The Morgan fingerprint density at radius 1 is 0.935 bits per heavy atom. The largest absolute Gasteiger partial charge is 0.308 e. The number of benzene rings is 3. The Bertz CT molecular complexity index is 1240. The van der Waals surface area contributed by atoms with Crippen LogP contribution in [0.5, 0.6) is 0 Å². The SMILES string of the molecule is O=C(c1ccc(F)cc1)N1CCCc2cc(S(=O)(=O)Nc3c(F)cccc3F)ccc21. The summed E-state index contributed by atoms with van der Waals surface area (Å²) >= 11 is 0. The minimum absolute atomic E-state index is 0.176. The average molecular weight is 446 g/mol. The first-order valence-corrected chi connectivity index (χ1v) is 10.9. The lowest BCUT2D eigenvalue weighted by Gasteiger charge is -2.30. The van der Waals surface area contributed by atoms with Crippen molar-refractivity contribution in [3.8, 4) is 0 Å². The molecule has 0 atom stereocenters. The second-order valence-electron chi connectivity index (χ2n) is 7.06. The molecule has 1 aliphatic heterocycles. The van der Waals surface area contributed by atoms with E-state index in [9.17, 15) is 26.4 Å². The number of anilines is 2. The maximum absolute atomic E-state index is 13.9. The number of sulfonamides is 1. The van der Waals surface area contributed by atoms with Crippen LogP contribution in [-0.2, 0) is 16.4 Å². The van der Waals surface area contributed by atoms with Crippen molar-refractivity contribution in [2.75, 3.05) is 16.2 Å². The van der Waals surface area contributed by atoms with Crippen LogP contribution < -0.4 is 9.62 Å². The minimum Gasteiger partial charge on any atom is -0.308 e. The van der Waals surface area contributed by atoms with Gasteiger partial charge in [-0.2, -0.15) is 0 Å². The third-order valence-corrected chi connectivity index (χ3v) is 6.36. The van der Waals surface area contributed by atoms with Crippen LogP contribution in [0.4, 0.5) is 24.5 Å². The molecule has 9 heteroatoms. The third kappa shape index (κ3) is 4.13. The molecule has 1 amide bonds. The van der Waals surface area contributed by atoms with Gasteiger partial charge in [-0.25, -0.2) is 21.6 Å². The molecule has 5 nitrogen and oxygen atoms in total. The van der Waals surface area contributed by atoms with Gasteiger partial charge in [0.25, 0.3) is 15.9 Å². The van der Waals surface area contributed by atoms with Gasteiger partial charge in [-0.05, 0) is 73.0 Å². The van der Waals surface area contributed by atoms with Gasteiger partial charge in [-0.15, -0.1) is 0 Å². The van der Waals surface area contributed by atoms with Crippen LogP contribution in [0.15, 0.2) is 65.6 Å². The van der Waals surface area contributed by atoms with E-state index in [1.54, 1.807) is 0 Å². The summed E-state index contributed by atoms with van der Waals surface area (Å²) in [5, 5.41) is 0. The van der Waals surface area contributed by atoms with Crippen LogP contribution in [0.1, 0.15) is 22.3 Å². The molecule has 0 saturated carbocycles. The Kier molecular flexibility index (Phi) is 5.45. The minimum atomic E-state index is -4.26. The number of hydrogen-bond acceptors (Lipinski definition) is 3. The fourth-order valence-electron chi connectivity index (χ4n) is 3.49. The Morgan fingerprint density at radius 3 is 2.29 bits per heavy atom. The molecule has 31 heavy (non-hydrogen) atoms. The first-order chi connectivity index (χ1) is 14.8. The molecule has 3 aromatic carbocycles. The lowest BCUT2D eigenvalue weighted by Crippen LogP contribution is -2.35. The summed E-state index contributed by atoms with van der Waals surface area (Å²) in [7, 11) is -4.26. The number of nitrogens with zero attached hydrogens (tertiary/aromatic N) is 1. The topological polar surface area (TPSA) is 66.5 Å². The highest BCUT2D eigenvalue weighted by Gasteiger charge is 2.26. The zero-order chi connectivity index (χ0) is 22.2. The summed E-state index contributed by atoms with van der Waals surface area (Å²) in [6, 6.07) is 12.4. The highest BCUT2D eigenvalue weighted by molar-refractivity contribution is 7.92. The van der Waals surface area contributed by atoms with Gasteiger partial charge in [0.1, 0.15) is 23.1 Å². The fraction of sp³-hybridized carbons (Fsp3) is 0.136. The molecular weight excluding hydrogens is 429 g/mol. The van der Waals surface area contributed by atoms with E-state index in [4.69, 9.17) is 0 Å². The standard InChI is InChI=1S/C22H17F3N2O3S/c23-16-8-6-14(7-9-16)22(28)27-12-2-3-15-13-17(10-11-20(15)27)31(29,30)26-21-18(24)4-1-5-19(21)25/h1,4-11,13,26H,2-3,12H2. The molecule has 0 unspecified atom stereocenters. The van der Waals surface area contributed by atoms with Crippen LogP contribution in [0.25, 0.3) is 0 Å². The summed E-state index contributed by atoms with van der Waals surface area (Å²) in [6.07, 6.45) is 1.12. The molecule has 1 aliphatic rings. The van der Waals surface area contributed by atoms with E-state index in [0.29, 0.717) is 36.2 Å². The van der Waals surface area contributed by atoms with Crippen molar-refractivity contribution in [1.29, 1.82) is 0 Å². The van der Waals surface area contributed by atoms with Crippen LogP contribution in [0, 0.1) is 17.5 Å². The van der Waals surface area contributed by atoms with Crippen LogP contribution >= 0.6 is 0 Å². The van der Waals surface area contributed by atoms with E-state index in [1.807, 2.05) is 4.72 Å². The number of para-hydroxylation sites is 1. The normalized spacial score (nSPS) is 13.6. The van der Waals surface area contributed by atoms with E-state index >= 15 is 0 Å². The van der Waals surface area contributed by atoms with E-state index in [1.165, 1.54) is 47.4 Å². The second kappa shape index (κ2) is 8.07. The molecule has 3 aromatic rings. The number of halogens is 3. The quantitative estimate of drug-likeness (QED) is 0.642. The van der Waals surface area contributed by atoms with Crippen molar-refractivity contribution in [2.24, 2.45) is 0 Å². The van der Waals surface area contributed by atoms with Gasteiger partial charge in [0.15, 0.2) is 0 Å². The van der Waals surface area contributed by atoms with Gasteiger partial charge in [-0.3, -0.25) is 9.52 Å². The van der Waals surface area contributed by atoms with Crippen LogP contribution in [0.3, 0.4) is 0 Å². The molecule has 1 N–H and O–H groups in total. The number of carbonyl (C=O) groups excluding carboxylic acids is 1. The summed E-state index contributed by atoms with van der Waals surface area (Å²) < 4.78 is 68.2. The number of nitrogens with one attached hydrogen (secondary N) is 1. The van der Waals surface area contributed by atoms with E-state index in [0.717, 1.165) is 18.2 Å². The predicted molar refractivity (Wildman–Crippen MR) is 110 cm³/mol. The summed E-state index contributed by atoms with van der Waals surface area (Å²) in [4.78, 5) is 14.2. The van der Waals surface area contributed by atoms with Crippen LogP contribution in [-0.4, -0.2) is 20.9 Å². The number of carbonyl (C=O) groups is 1. The van der Waals surface area contributed by atoms with Gasteiger partial charge in [-0.1, -0.05) is 6.07 Å². The molecule has 0 radical (unpaired) electrons. The Labute approximate surface area is 177 Å². The van der Waals surface area contributed by atoms with Gasteiger partial charge in [0.2, 0.25) is 0 Å². The zero-order valence-electron chi connectivity index (χ0n) is 16.1. The highest BCUT2D eigenvalue weighted by atomic mass is 32.2. The molecule has 1 heterocycles. The smallest absolute Gasteiger partial charge is 0.262 e. The average Bonchev–Trinajstić information content (AvgIpc) is 2.75. The maximum atomic E-state index is 13.9. The summed E-state index contributed by atoms with van der Waals surface area (Å²) in [5.74, 6) is -2.84. The predicted octanol–water partition coefficient (Wildman–Crippen LogP) is 4.50. The van der Waals surface area contributed by atoms with Gasteiger partial charge < -0.3 is 4.90 Å². The van der Waals surface area contributed by atoms with Crippen LogP contribution in [0.2, 0.25) is 0 Å². The van der Waals surface area contributed by atoms with Crippen molar-refractivity contribution < 1.29 is 26.4 Å². The lowest BCUT2D eigenvalue weighted by atomic mass is 10.0. The van der Waals surface area contributed by atoms with E-state index in [-0.39, 0.29) is 10.8 Å². The van der Waals surface area contributed by atoms with Gasteiger partial charge >= 0.3 is 0 Å². The van der Waals surface area contributed by atoms with Crippen molar-refractivity contribution in [3.63, 3.8) is 0 Å². The summed E-state index contributed by atoms with van der Waals surface area (Å²) in [5.41, 5.74) is 0.700. The monoisotopic (exact) mass is 446 g/mol. The Hall–Kier alpha value is -3.33. The van der Waals surface area contributed by atoms with E-state index in [2.05, 4.69) is 0 Å². The fourth-order valence-corrected chi connectivity index (χ4v) is 4.61. The number of hydrogen-bond donors (Lipinski definition) is 1. The van der Waals surface area contributed by atoms with Crippen molar-refractivity contribution in [3.05, 3.63) is 89.2 Å². The molecule has 0 spiro atoms. The van der Waals surface area contributed by atoms with Gasteiger partial charge in [0, 0.05) is 17.8 Å². The van der Waals surface area contributed by atoms with E-state index < -0.39 is 33.2 Å². The lowest BCUT2D eigenvalue weighted by molar-refractivity contribution is 0.0985. The molecule has 0 saturated heterocycles. The first-order valence-electron chi connectivity index (χ1n) is 9.43. The van der Waals surface area contributed by atoms with Gasteiger partial charge in [0.05, 0.1) is 4.90 Å². The van der Waals surface area contributed by atoms with Crippen molar-refractivity contribution in [1.82, 2.24) is 0 Å². The first kappa shape index (κ1) is 20.9. The van der Waals surface area contributed by atoms with Crippen molar-refractivity contribution in [2.45, 2.75) is 17.7 Å². The summed E-state index contributed by atoms with van der Waals surface area (Å²) in [6.45, 7) is 0.425. The molecule has 0 fully saturated rings. The second-order valence-corrected chi connectivity index (χ2v) is 8.74. The molecule has 0 bridgehead atoms. The molecule has 4 rings (SSSR count). The maximum Gasteiger partial charge on any atom is 0.262 e. The third-order valence-electron chi connectivity index (χ3n) is 5.02. The molecule has 0 aromatic heterocycles. The molecule has 0 aliphatic carbocycles. The zero-order valence-corrected chi connectivity index (χ0v) is 16.9. The number of amides is 1. The number of rotatable bonds is 4. The Balaban J connectivity index is 1.65. The molecule has 160 valence electrons. The van der Waals surface area contributed by atoms with Crippen molar-refractivity contribution >= 4 is 27.3 Å². The molecular formula is C22H17F3N2O3S. The number of aryl methyl sites for hydroxylation is 1. The number of fused-ring (bicyclic) bond motifs is 1. The Morgan fingerprint density at radius 2 is 1.61 bits per heavy atom.